The van der Waals surface area contributed by atoms with Crippen LogP contribution in [0, 0.1) is 6.92 Å². The molecule has 158 valence electrons. The van der Waals surface area contributed by atoms with E-state index in [4.69, 9.17) is 0 Å². The van der Waals surface area contributed by atoms with E-state index >= 15 is 0 Å². The summed E-state index contributed by atoms with van der Waals surface area (Å²) in [5, 5.41) is 2.75. The number of carbonyl (C=O) groups is 1. The summed E-state index contributed by atoms with van der Waals surface area (Å²) in [5.41, 5.74) is 2.56. The molecule has 1 heterocycles. The van der Waals surface area contributed by atoms with E-state index in [-0.39, 0.29) is 17.4 Å². The van der Waals surface area contributed by atoms with Crippen LogP contribution in [0.25, 0.3) is 0 Å². The van der Waals surface area contributed by atoms with Gasteiger partial charge in [-0.2, -0.15) is 0 Å². The maximum atomic E-state index is 11.9. The highest BCUT2D eigenvalue weighted by atomic mass is 32.2. The van der Waals surface area contributed by atoms with Crippen molar-refractivity contribution in [1.82, 2.24) is 10.2 Å². The Morgan fingerprint density at radius 3 is 2.54 bits per heavy atom. The summed E-state index contributed by atoms with van der Waals surface area (Å²) in [7, 11) is -3.27. The van der Waals surface area contributed by atoms with E-state index in [1.165, 1.54) is 11.3 Å². The Morgan fingerprint density at radius 1 is 1.11 bits per heavy atom. The van der Waals surface area contributed by atoms with Gasteiger partial charge in [0.05, 0.1) is 5.75 Å². The number of sulfone groups is 1. The molecular weight excluding hydrogens is 374 g/mol. The molecule has 1 aromatic carbocycles. The summed E-state index contributed by atoms with van der Waals surface area (Å²) in [6, 6.07) is 8.60. The quantitative estimate of drug-likeness (QED) is 0.568. The van der Waals surface area contributed by atoms with Crippen molar-refractivity contribution in [2.45, 2.75) is 39.5 Å². The minimum Gasteiger partial charge on any atom is -0.369 e. The van der Waals surface area contributed by atoms with Crippen molar-refractivity contribution in [1.29, 1.82) is 0 Å². The van der Waals surface area contributed by atoms with Crippen molar-refractivity contribution < 1.29 is 13.2 Å². The molecule has 1 fully saturated rings. The van der Waals surface area contributed by atoms with E-state index in [1.807, 2.05) is 6.92 Å². The number of hydrogen-bond acceptors (Lipinski definition) is 5. The normalized spacial score (nSPS) is 15.6. The van der Waals surface area contributed by atoms with E-state index in [9.17, 15) is 13.2 Å². The van der Waals surface area contributed by atoms with Gasteiger partial charge in [-0.1, -0.05) is 31.9 Å². The largest absolute Gasteiger partial charge is 0.369 e. The lowest BCUT2D eigenvalue weighted by atomic mass is 10.2. The van der Waals surface area contributed by atoms with Crippen LogP contribution in [0.5, 0.6) is 0 Å². The third-order valence-electron chi connectivity index (χ3n) is 5.12. The lowest BCUT2D eigenvalue weighted by Gasteiger charge is -2.36. The van der Waals surface area contributed by atoms with Gasteiger partial charge in [0.2, 0.25) is 5.91 Å². The van der Waals surface area contributed by atoms with E-state index in [2.05, 4.69) is 46.3 Å². The number of rotatable bonds is 11. The van der Waals surface area contributed by atoms with E-state index in [0.717, 1.165) is 52.0 Å². The monoisotopic (exact) mass is 409 g/mol. The minimum absolute atomic E-state index is 0.111. The molecule has 0 aliphatic carbocycles. The number of unbranched alkanes of at least 4 members (excludes halogenated alkanes) is 2. The van der Waals surface area contributed by atoms with Crippen LogP contribution in [-0.4, -0.2) is 70.0 Å². The molecule has 1 aliphatic rings. The SMILES string of the molecule is CCCCCS(=O)(=O)CC(=O)NCCCN1CCN(c2cccc(C)c2)CC1. The Hall–Kier alpha value is -1.60. The summed E-state index contributed by atoms with van der Waals surface area (Å²) < 4.78 is 23.8. The average Bonchev–Trinajstić information content (AvgIpc) is 2.65. The highest BCUT2D eigenvalue weighted by molar-refractivity contribution is 7.92. The maximum absolute atomic E-state index is 11.9. The molecule has 1 aromatic rings. The Bertz CT molecular complexity index is 713. The molecular formula is C21H35N3O3S. The van der Waals surface area contributed by atoms with Gasteiger partial charge in [-0.15, -0.1) is 0 Å². The second-order valence-corrected chi connectivity index (χ2v) is 9.85. The zero-order chi connectivity index (χ0) is 20.4. The average molecular weight is 410 g/mol. The number of nitrogens with zero attached hydrogens (tertiary/aromatic N) is 2. The number of hydrogen-bond donors (Lipinski definition) is 1. The number of piperazine rings is 1. The van der Waals surface area contributed by atoms with Crippen molar-refractivity contribution in [3.63, 3.8) is 0 Å². The fourth-order valence-corrected chi connectivity index (χ4v) is 4.77. The first-order chi connectivity index (χ1) is 13.4. The van der Waals surface area contributed by atoms with Gasteiger partial charge in [-0.05, 0) is 44.0 Å². The summed E-state index contributed by atoms with van der Waals surface area (Å²) in [6.07, 6.45) is 3.34. The van der Waals surface area contributed by atoms with Crippen LogP contribution in [0.3, 0.4) is 0 Å². The molecule has 1 amide bonds. The predicted octanol–water partition coefficient (Wildman–Crippen LogP) is 2.23. The summed E-state index contributed by atoms with van der Waals surface area (Å²) in [4.78, 5) is 16.7. The Morgan fingerprint density at radius 2 is 1.86 bits per heavy atom. The van der Waals surface area contributed by atoms with Crippen LogP contribution in [0.15, 0.2) is 24.3 Å². The Labute approximate surface area is 170 Å². The summed E-state index contributed by atoms with van der Waals surface area (Å²) >= 11 is 0. The Kier molecular flexibility index (Phi) is 9.25. The number of anilines is 1. The fourth-order valence-electron chi connectivity index (χ4n) is 3.48. The third kappa shape index (κ3) is 8.19. The topological polar surface area (TPSA) is 69.7 Å². The molecule has 0 aromatic heterocycles. The molecule has 0 saturated carbocycles. The zero-order valence-corrected chi connectivity index (χ0v) is 18.1. The van der Waals surface area contributed by atoms with E-state index < -0.39 is 9.84 Å². The fraction of sp³-hybridized carbons (Fsp3) is 0.667. The van der Waals surface area contributed by atoms with Gasteiger partial charge >= 0.3 is 0 Å². The highest BCUT2D eigenvalue weighted by Crippen LogP contribution is 2.17. The first-order valence-corrected chi connectivity index (χ1v) is 12.2. The molecule has 1 saturated heterocycles. The minimum atomic E-state index is -3.27. The van der Waals surface area contributed by atoms with Gasteiger partial charge in [-0.3, -0.25) is 9.69 Å². The van der Waals surface area contributed by atoms with Crippen molar-refractivity contribution >= 4 is 21.4 Å². The van der Waals surface area contributed by atoms with Gasteiger partial charge in [-0.25, -0.2) is 8.42 Å². The molecule has 2 rings (SSSR count). The molecule has 7 heteroatoms. The Balaban J connectivity index is 1.60. The van der Waals surface area contributed by atoms with Gasteiger partial charge in [0, 0.05) is 38.4 Å². The first kappa shape index (κ1) is 22.7. The number of benzene rings is 1. The van der Waals surface area contributed by atoms with Crippen molar-refractivity contribution in [2.24, 2.45) is 0 Å². The van der Waals surface area contributed by atoms with Gasteiger partial charge in [0.15, 0.2) is 9.84 Å². The molecule has 0 atom stereocenters. The number of amides is 1. The van der Waals surface area contributed by atoms with E-state index in [1.54, 1.807) is 0 Å². The third-order valence-corrected chi connectivity index (χ3v) is 6.73. The molecule has 28 heavy (non-hydrogen) atoms. The van der Waals surface area contributed by atoms with Crippen LogP contribution in [0.1, 0.15) is 38.2 Å². The zero-order valence-electron chi connectivity index (χ0n) is 17.3. The molecule has 1 N–H and O–H groups in total. The molecule has 0 spiro atoms. The van der Waals surface area contributed by atoms with Crippen LogP contribution in [0.2, 0.25) is 0 Å². The second kappa shape index (κ2) is 11.4. The van der Waals surface area contributed by atoms with Gasteiger partial charge < -0.3 is 10.2 Å². The van der Waals surface area contributed by atoms with Crippen LogP contribution < -0.4 is 10.2 Å². The number of carbonyl (C=O) groups excluding carboxylic acids is 1. The van der Waals surface area contributed by atoms with Crippen molar-refractivity contribution in [2.75, 3.05) is 55.7 Å². The standard InChI is InChI=1S/C21H35N3O3S/c1-3-4-5-16-28(26,27)18-21(25)22-10-7-11-23-12-14-24(15-13-23)20-9-6-8-19(2)17-20/h6,8-9,17H,3-5,7,10-16,18H2,1-2H3,(H,22,25). The van der Waals surface area contributed by atoms with Gasteiger partial charge in [0.1, 0.15) is 5.75 Å². The maximum Gasteiger partial charge on any atom is 0.235 e. The van der Waals surface area contributed by atoms with Crippen molar-refractivity contribution in [3.8, 4) is 0 Å². The second-order valence-electron chi connectivity index (χ2n) is 7.67. The predicted molar refractivity (Wildman–Crippen MR) is 116 cm³/mol. The van der Waals surface area contributed by atoms with Crippen LogP contribution in [0.4, 0.5) is 5.69 Å². The van der Waals surface area contributed by atoms with E-state index in [0.29, 0.717) is 13.0 Å². The summed E-state index contributed by atoms with van der Waals surface area (Å²) in [6.45, 7) is 9.62. The number of nitrogens with one attached hydrogen (secondary N) is 1. The molecule has 0 unspecified atom stereocenters. The van der Waals surface area contributed by atoms with Gasteiger partial charge in [0.25, 0.3) is 0 Å². The van der Waals surface area contributed by atoms with Crippen LogP contribution in [-0.2, 0) is 14.6 Å². The lowest BCUT2D eigenvalue weighted by Crippen LogP contribution is -2.47. The van der Waals surface area contributed by atoms with Crippen molar-refractivity contribution in [3.05, 3.63) is 29.8 Å². The lowest BCUT2D eigenvalue weighted by molar-refractivity contribution is -0.118. The molecule has 0 radical (unpaired) electrons. The summed E-state index contributed by atoms with van der Waals surface area (Å²) in [5.74, 6) is -0.647. The highest BCUT2D eigenvalue weighted by Gasteiger charge is 2.18. The number of aryl methyl sites for hydroxylation is 1. The smallest absolute Gasteiger partial charge is 0.235 e. The molecule has 6 nitrogen and oxygen atoms in total. The molecule has 0 bridgehead atoms. The molecule has 1 aliphatic heterocycles. The van der Waals surface area contributed by atoms with Crippen LogP contribution >= 0.6 is 0 Å². The first-order valence-electron chi connectivity index (χ1n) is 10.4.